The molecule has 0 spiro atoms. The minimum absolute atomic E-state index is 0.0193. The number of carbonyl (C=O) groups excluding carboxylic acids is 3. The smallest absolute Gasteiger partial charge is 0.326 e. The molecule has 40 heavy (non-hydrogen) atoms. The highest BCUT2D eigenvalue weighted by atomic mass is 32.2. The molecule has 4 atom stereocenters. The van der Waals surface area contributed by atoms with Crippen LogP contribution in [0.1, 0.15) is 39.5 Å². The maximum Gasteiger partial charge on any atom is 0.326 e. The lowest BCUT2D eigenvalue weighted by Crippen LogP contribution is -2.45. The van der Waals surface area contributed by atoms with Crippen molar-refractivity contribution in [2.45, 2.75) is 67.9 Å². The Kier molecular flexibility index (Phi) is 9.92. The van der Waals surface area contributed by atoms with Gasteiger partial charge in [0, 0.05) is 51.5 Å². The van der Waals surface area contributed by atoms with Gasteiger partial charge in [-0.25, -0.2) is 22.7 Å². The molecule has 4 unspecified atom stereocenters. The standard InChI is InChI=1S/C24H34N4O10S2/c1-24(2,9-19(30)27-11-14(7-16(27)22(32)33)25-18(29)13-38-3)10-20(31)28-12-15(8-17(28)23(34)35)26-40(36,37)21-5-4-6-39-21/h4-6,14-17,26H,7-13H2,1-3H3,(H,25,29)(H,32,33)(H,34,35). The number of methoxy groups -OCH3 is 1. The van der Waals surface area contributed by atoms with E-state index in [2.05, 4.69) is 10.0 Å². The quantitative estimate of drug-likeness (QED) is 0.246. The van der Waals surface area contributed by atoms with Crippen molar-refractivity contribution in [1.29, 1.82) is 0 Å². The molecule has 0 radical (unpaired) electrons. The van der Waals surface area contributed by atoms with Crippen molar-refractivity contribution in [2.24, 2.45) is 5.41 Å². The number of carbonyl (C=O) groups is 5. The summed E-state index contributed by atoms with van der Waals surface area (Å²) < 4.78 is 32.5. The van der Waals surface area contributed by atoms with Gasteiger partial charge < -0.3 is 30.1 Å². The highest BCUT2D eigenvalue weighted by Gasteiger charge is 2.44. The summed E-state index contributed by atoms with van der Waals surface area (Å²) >= 11 is 1.01. The average molecular weight is 603 g/mol. The summed E-state index contributed by atoms with van der Waals surface area (Å²) in [6.07, 6.45) is -0.532. The maximum absolute atomic E-state index is 13.2. The van der Waals surface area contributed by atoms with E-state index in [1.165, 1.54) is 13.2 Å². The molecule has 0 bridgehead atoms. The first-order chi connectivity index (χ1) is 18.6. The average Bonchev–Trinajstić information content (AvgIpc) is 3.58. The van der Waals surface area contributed by atoms with Crippen molar-refractivity contribution in [3.05, 3.63) is 17.5 Å². The number of ether oxygens (including phenoxy) is 1. The molecule has 3 rings (SSSR count). The molecule has 222 valence electrons. The summed E-state index contributed by atoms with van der Waals surface area (Å²) in [5.74, 6) is -4.02. The molecule has 1 aromatic rings. The Morgan fingerprint density at radius 3 is 2.00 bits per heavy atom. The minimum Gasteiger partial charge on any atom is -0.480 e. The van der Waals surface area contributed by atoms with Gasteiger partial charge in [-0.1, -0.05) is 19.9 Å². The van der Waals surface area contributed by atoms with Crippen LogP contribution in [0.4, 0.5) is 0 Å². The third kappa shape index (κ3) is 7.77. The monoisotopic (exact) mass is 602 g/mol. The third-order valence-corrected chi connectivity index (χ3v) is 9.71. The molecule has 2 fully saturated rings. The Labute approximate surface area is 235 Å². The highest BCUT2D eigenvalue weighted by Crippen LogP contribution is 2.32. The van der Waals surface area contributed by atoms with E-state index in [4.69, 9.17) is 4.74 Å². The highest BCUT2D eigenvalue weighted by molar-refractivity contribution is 7.91. The van der Waals surface area contributed by atoms with Crippen LogP contribution in [0.5, 0.6) is 0 Å². The van der Waals surface area contributed by atoms with Gasteiger partial charge in [0.05, 0.1) is 0 Å². The van der Waals surface area contributed by atoms with Crippen LogP contribution in [0.15, 0.2) is 21.7 Å². The number of hydrogen-bond acceptors (Lipinski definition) is 9. The number of sulfonamides is 1. The predicted octanol–water partition coefficient (Wildman–Crippen LogP) is -0.296. The van der Waals surface area contributed by atoms with Gasteiger partial charge in [-0.2, -0.15) is 0 Å². The van der Waals surface area contributed by atoms with Crippen LogP contribution in [-0.2, 0) is 38.7 Å². The molecule has 2 saturated heterocycles. The number of aliphatic carboxylic acids is 2. The first kappa shape index (κ1) is 31.4. The van der Waals surface area contributed by atoms with Crippen LogP contribution in [0, 0.1) is 5.41 Å². The van der Waals surface area contributed by atoms with Crippen LogP contribution in [0.2, 0.25) is 0 Å². The Morgan fingerprint density at radius 2 is 1.52 bits per heavy atom. The number of carboxylic acids is 2. The summed E-state index contributed by atoms with van der Waals surface area (Å²) in [5.41, 5.74) is -0.980. The maximum atomic E-state index is 13.2. The van der Waals surface area contributed by atoms with Crippen molar-refractivity contribution in [1.82, 2.24) is 19.8 Å². The minimum atomic E-state index is -3.88. The van der Waals surface area contributed by atoms with Gasteiger partial charge in [0.1, 0.15) is 22.9 Å². The lowest BCUT2D eigenvalue weighted by atomic mass is 9.84. The van der Waals surface area contributed by atoms with E-state index >= 15 is 0 Å². The number of nitrogens with one attached hydrogen (secondary N) is 2. The van der Waals surface area contributed by atoms with Crippen molar-refractivity contribution < 1.29 is 47.3 Å². The fourth-order valence-corrected chi connectivity index (χ4v) is 7.31. The first-order valence-corrected chi connectivity index (χ1v) is 14.9. The zero-order valence-electron chi connectivity index (χ0n) is 22.4. The second-order valence-corrected chi connectivity index (χ2v) is 13.6. The lowest BCUT2D eigenvalue weighted by Gasteiger charge is -2.31. The largest absolute Gasteiger partial charge is 0.480 e. The van der Waals surface area contributed by atoms with Crippen LogP contribution >= 0.6 is 11.3 Å². The molecule has 3 heterocycles. The molecule has 16 heteroatoms. The van der Waals surface area contributed by atoms with E-state index in [1.807, 2.05) is 0 Å². The van der Waals surface area contributed by atoms with Gasteiger partial charge in [-0.15, -0.1) is 11.3 Å². The number of amides is 3. The van der Waals surface area contributed by atoms with Crippen LogP contribution < -0.4 is 10.0 Å². The summed E-state index contributed by atoms with van der Waals surface area (Å²) in [6, 6.07) is -0.794. The molecule has 2 aliphatic heterocycles. The van der Waals surface area contributed by atoms with Gasteiger partial charge in [-0.05, 0) is 23.3 Å². The number of carboxylic acid groups (broad SMARTS) is 2. The zero-order chi connectivity index (χ0) is 29.8. The molecule has 0 saturated carbocycles. The van der Waals surface area contributed by atoms with E-state index in [0.717, 1.165) is 21.1 Å². The molecule has 2 aliphatic rings. The van der Waals surface area contributed by atoms with E-state index < -0.39 is 69.3 Å². The Balaban J connectivity index is 1.64. The van der Waals surface area contributed by atoms with E-state index in [9.17, 15) is 42.6 Å². The van der Waals surface area contributed by atoms with Gasteiger partial charge in [-0.3, -0.25) is 14.4 Å². The van der Waals surface area contributed by atoms with E-state index in [1.54, 1.807) is 25.3 Å². The summed E-state index contributed by atoms with van der Waals surface area (Å²) in [5, 5.41) is 23.6. The Bertz CT molecular complexity index is 1230. The normalized spacial score (nSPS) is 23.3. The number of hydrogen-bond donors (Lipinski definition) is 4. The van der Waals surface area contributed by atoms with Gasteiger partial charge in [0.25, 0.3) is 0 Å². The fraction of sp³-hybridized carbons (Fsp3) is 0.625. The molecule has 0 aliphatic carbocycles. The molecule has 3 amide bonds. The fourth-order valence-electron chi connectivity index (χ4n) is 5.06. The number of nitrogens with zero attached hydrogens (tertiary/aromatic N) is 2. The van der Waals surface area contributed by atoms with Crippen molar-refractivity contribution in [3.63, 3.8) is 0 Å². The summed E-state index contributed by atoms with van der Waals surface area (Å²) in [4.78, 5) is 64.2. The van der Waals surface area contributed by atoms with Crippen molar-refractivity contribution >= 4 is 51.0 Å². The Morgan fingerprint density at radius 1 is 1.00 bits per heavy atom. The SMILES string of the molecule is COCC(=O)NC1CC(C(=O)O)N(C(=O)CC(C)(C)CC(=O)N2CC(NS(=O)(=O)c3cccs3)CC2C(=O)O)C1. The number of likely N-dealkylation sites (tertiary alicyclic amines) is 2. The molecular weight excluding hydrogens is 568 g/mol. The first-order valence-electron chi connectivity index (χ1n) is 12.5. The zero-order valence-corrected chi connectivity index (χ0v) is 24.0. The van der Waals surface area contributed by atoms with Crippen LogP contribution in [-0.4, -0.2) is 109 Å². The molecule has 4 N–H and O–H groups in total. The van der Waals surface area contributed by atoms with Gasteiger partial charge >= 0.3 is 11.9 Å². The lowest BCUT2D eigenvalue weighted by molar-refractivity contribution is -0.150. The Hall–Kier alpha value is -3.08. The number of rotatable bonds is 12. The third-order valence-electron chi connectivity index (χ3n) is 6.79. The summed E-state index contributed by atoms with van der Waals surface area (Å²) in [7, 11) is -2.54. The van der Waals surface area contributed by atoms with Crippen molar-refractivity contribution in [2.75, 3.05) is 26.8 Å². The van der Waals surface area contributed by atoms with Crippen LogP contribution in [0.25, 0.3) is 0 Å². The molecule has 0 aromatic carbocycles. The topological polar surface area (TPSA) is 200 Å². The van der Waals surface area contributed by atoms with Gasteiger partial charge in [0.2, 0.25) is 27.7 Å². The van der Waals surface area contributed by atoms with Crippen molar-refractivity contribution in [3.8, 4) is 0 Å². The molecule has 14 nitrogen and oxygen atoms in total. The van der Waals surface area contributed by atoms with E-state index in [0.29, 0.717) is 0 Å². The number of thiophene rings is 1. The second kappa shape index (κ2) is 12.6. The van der Waals surface area contributed by atoms with Gasteiger partial charge in [0.15, 0.2) is 0 Å². The predicted molar refractivity (Wildman–Crippen MR) is 141 cm³/mol. The second-order valence-electron chi connectivity index (χ2n) is 10.7. The molecule has 1 aromatic heterocycles. The van der Waals surface area contributed by atoms with E-state index in [-0.39, 0.29) is 49.6 Å². The van der Waals surface area contributed by atoms with Crippen LogP contribution in [0.3, 0.4) is 0 Å². The molecular formula is C24H34N4O10S2. The summed E-state index contributed by atoms with van der Waals surface area (Å²) in [6.45, 7) is 2.89.